The summed E-state index contributed by atoms with van der Waals surface area (Å²) >= 11 is 0. The summed E-state index contributed by atoms with van der Waals surface area (Å²) in [6.45, 7) is 4.18. The number of rotatable bonds is 6. The summed E-state index contributed by atoms with van der Waals surface area (Å²) in [5, 5.41) is 2.98. The second-order valence-electron chi connectivity index (χ2n) is 6.95. The second kappa shape index (κ2) is 9.37. The van der Waals surface area contributed by atoms with Crippen LogP contribution in [0.1, 0.15) is 15.9 Å². The van der Waals surface area contributed by atoms with Crippen molar-refractivity contribution in [1.82, 2.24) is 4.90 Å². The maximum atomic E-state index is 12.9. The Morgan fingerprint density at radius 3 is 2.52 bits per heavy atom. The van der Waals surface area contributed by atoms with E-state index < -0.39 is 0 Å². The van der Waals surface area contributed by atoms with Crippen LogP contribution < -0.4 is 10.1 Å². The average Bonchev–Trinajstić information content (AvgIpc) is 2.77. The molecule has 1 amide bonds. The van der Waals surface area contributed by atoms with Gasteiger partial charge in [-0.3, -0.25) is 9.69 Å². The first-order valence-corrected chi connectivity index (χ1v) is 9.80. The Hall–Kier alpha value is -3.15. The Morgan fingerprint density at radius 2 is 1.69 bits per heavy atom. The molecule has 0 bridgehead atoms. The quantitative estimate of drug-likeness (QED) is 0.672. The molecule has 148 valence electrons. The van der Waals surface area contributed by atoms with Gasteiger partial charge in [0.05, 0.1) is 18.9 Å². The first kappa shape index (κ1) is 19.2. The van der Waals surface area contributed by atoms with Crippen LogP contribution in [0.4, 0.5) is 5.69 Å². The molecule has 1 heterocycles. The van der Waals surface area contributed by atoms with E-state index in [4.69, 9.17) is 9.47 Å². The summed E-state index contributed by atoms with van der Waals surface area (Å²) in [7, 11) is 0. The van der Waals surface area contributed by atoms with E-state index in [9.17, 15) is 4.79 Å². The molecular formula is C24H24N2O3. The highest BCUT2D eigenvalue weighted by atomic mass is 16.5. The van der Waals surface area contributed by atoms with Gasteiger partial charge in [0.25, 0.3) is 5.91 Å². The van der Waals surface area contributed by atoms with Gasteiger partial charge in [-0.2, -0.15) is 0 Å². The SMILES string of the molecule is O=C(Nc1ccccc1Oc1ccccc1)c1cccc(CN2CCOCC2)c1. The molecule has 0 unspecified atom stereocenters. The number of ether oxygens (including phenoxy) is 2. The summed E-state index contributed by atoms with van der Waals surface area (Å²) in [4.78, 5) is 15.2. The van der Waals surface area contributed by atoms with Crippen molar-refractivity contribution in [3.8, 4) is 11.5 Å². The number of para-hydroxylation sites is 3. The van der Waals surface area contributed by atoms with E-state index in [-0.39, 0.29) is 5.91 Å². The molecule has 3 aromatic carbocycles. The lowest BCUT2D eigenvalue weighted by atomic mass is 10.1. The van der Waals surface area contributed by atoms with Crippen molar-refractivity contribution in [3.63, 3.8) is 0 Å². The van der Waals surface area contributed by atoms with Crippen molar-refractivity contribution in [3.05, 3.63) is 90.0 Å². The largest absolute Gasteiger partial charge is 0.455 e. The fourth-order valence-electron chi connectivity index (χ4n) is 3.30. The van der Waals surface area contributed by atoms with Crippen LogP contribution in [0.3, 0.4) is 0 Å². The standard InChI is InChI=1S/C24H24N2O3/c27-24(20-8-6-7-19(17-20)18-26-13-15-28-16-14-26)25-22-11-4-5-12-23(22)29-21-9-2-1-3-10-21/h1-12,17H,13-16,18H2,(H,25,27). The minimum atomic E-state index is -0.155. The molecule has 1 aliphatic rings. The summed E-state index contributed by atoms with van der Waals surface area (Å²) in [6.07, 6.45) is 0. The molecule has 0 radical (unpaired) electrons. The number of hydrogen-bond acceptors (Lipinski definition) is 4. The predicted molar refractivity (Wildman–Crippen MR) is 113 cm³/mol. The van der Waals surface area contributed by atoms with Gasteiger partial charge >= 0.3 is 0 Å². The summed E-state index contributed by atoms with van der Waals surface area (Å²) in [5.41, 5.74) is 2.39. The molecule has 1 aliphatic heterocycles. The number of nitrogens with zero attached hydrogens (tertiary/aromatic N) is 1. The van der Waals surface area contributed by atoms with Crippen molar-refractivity contribution in [1.29, 1.82) is 0 Å². The molecule has 0 aliphatic carbocycles. The van der Waals surface area contributed by atoms with Gasteiger partial charge < -0.3 is 14.8 Å². The number of anilines is 1. The monoisotopic (exact) mass is 388 g/mol. The number of hydrogen-bond donors (Lipinski definition) is 1. The zero-order valence-corrected chi connectivity index (χ0v) is 16.2. The first-order chi connectivity index (χ1) is 14.3. The van der Waals surface area contributed by atoms with Crippen LogP contribution in [0.2, 0.25) is 0 Å². The van der Waals surface area contributed by atoms with E-state index in [0.717, 1.165) is 44.2 Å². The lowest BCUT2D eigenvalue weighted by Gasteiger charge is -2.26. The van der Waals surface area contributed by atoms with Crippen LogP contribution in [0.15, 0.2) is 78.9 Å². The molecular weight excluding hydrogens is 364 g/mol. The lowest BCUT2D eigenvalue weighted by Crippen LogP contribution is -2.35. The Kier molecular flexibility index (Phi) is 6.19. The van der Waals surface area contributed by atoms with E-state index in [1.165, 1.54) is 0 Å². The molecule has 4 rings (SSSR count). The van der Waals surface area contributed by atoms with Crippen LogP contribution in [-0.4, -0.2) is 37.1 Å². The van der Waals surface area contributed by atoms with E-state index >= 15 is 0 Å². The lowest BCUT2D eigenvalue weighted by molar-refractivity contribution is 0.0342. The third-order valence-corrected chi connectivity index (χ3v) is 4.81. The molecule has 0 aromatic heterocycles. The van der Waals surface area contributed by atoms with E-state index in [0.29, 0.717) is 17.0 Å². The Bertz CT molecular complexity index is 953. The molecule has 0 spiro atoms. The van der Waals surface area contributed by atoms with E-state index in [1.807, 2.05) is 72.8 Å². The maximum absolute atomic E-state index is 12.9. The van der Waals surface area contributed by atoms with Crippen molar-refractivity contribution in [2.45, 2.75) is 6.54 Å². The summed E-state index contributed by atoms with van der Waals surface area (Å²) in [6, 6.07) is 24.7. The Labute approximate surface area is 170 Å². The molecule has 0 atom stereocenters. The summed E-state index contributed by atoms with van der Waals surface area (Å²) in [5.74, 6) is 1.18. The molecule has 1 fully saturated rings. The average molecular weight is 388 g/mol. The molecule has 5 heteroatoms. The number of benzene rings is 3. The molecule has 0 saturated carbocycles. The van der Waals surface area contributed by atoms with Gasteiger partial charge in [-0.15, -0.1) is 0 Å². The zero-order valence-electron chi connectivity index (χ0n) is 16.2. The van der Waals surface area contributed by atoms with Crippen LogP contribution in [-0.2, 0) is 11.3 Å². The van der Waals surface area contributed by atoms with Crippen molar-refractivity contribution >= 4 is 11.6 Å². The highest BCUT2D eigenvalue weighted by Crippen LogP contribution is 2.29. The number of carbonyl (C=O) groups is 1. The number of carbonyl (C=O) groups excluding carboxylic acids is 1. The van der Waals surface area contributed by atoms with E-state index in [1.54, 1.807) is 0 Å². The number of amides is 1. The molecule has 1 saturated heterocycles. The number of nitrogens with one attached hydrogen (secondary N) is 1. The normalized spacial score (nSPS) is 14.3. The Balaban J connectivity index is 1.46. The van der Waals surface area contributed by atoms with Gasteiger partial charge in [-0.1, -0.05) is 42.5 Å². The number of morpholine rings is 1. The van der Waals surface area contributed by atoms with E-state index in [2.05, 4.69) is 16.3 Å². The molecule has 1 N–H and O–H groups in total. The molecule has 29 heavy (non-hydrogen) atoms. The van der Waals surface area contributed by atoms with Gasteiger partial charge in [0, 0.05) is 25.2 Å². The van der Waals surface area contributed by atoms with Crippen molar-refractivity contribution in [2.75, 3.05) is 31.6 Å². The van der Waals surface area contributed by atoms with Crippen molar-refractivity contribution in [2.24, 2.45) is 0 Å². The van der Waals surface area contributed by atoms with Crippen LogP contribution in [0, 0.1) is 0 Å². The third kappa shape index (κ3) is 5.22. The van der Waals surface area contributed by atoms with Gasteiger partial charge in [-0.05, 0) is 42.0 Å². The van der Waals surface area contributed by atoms with Gasteiger partial charge in [0.2, 0.25) is 0 Å². The summed E-state index contributed by atoms with van der Waals surface area (Å²) < 4.78 is 11.3. The fourth-order valence-corrected chi connectivity index (χ4v) is 3.30. The first-order valence-electron chi connectivity index (χ1n) is 9.80. The van der Waals surface area contributed by atoms with Gasteiger partial charge in [-0.25, -0.2) is 0 Å². The van der Waals surface area contributed by atoms with Gasteiger partial charge in [0.1, 0.15) is 5.75 Å². The molecule has 5 nitrogen and oxygen atoms in total. The van der Waals surface area contributed by atoms with Gasteiger partial charge in [0.15, 0.2) is 5.75 Å². The minimum Gasteiger partial charge on any atom is -0.455 e. The fraction of sp³-hybridized carbons (Fsp3) is 0.208. The smallest absolute Gasteiger partial charge is 0.255 e. The van der Waals surface area contributed by atoms with Crippen molar-refractivity contribution < 1.29 is 14.3 Å². The topological polar surface area (TPSA) is 50.8 Å². The minimum absolute atomic E-state index is 0.155. The Morgan fingerprint density at radius 1 is 0.931 bits per heavy atom. The molecule has 3 aromatic rings. The van der Waals surface area contributed by atoms with Crippen LogP contribution >= 0.6 is 0 Å². The van der Waals surface area contributed by atoms with Crippen LogP contribution in [0.5, 0.6) is 11.5 Å². The predicted octanol–water partition coefficient (Wildman–Crippen LogP) is 4.56. The maximum Gasteiger partial charge on any atom is 0.255 e. The highest BCUT2D eigenvalue weighted by molar-refractivity contribution is 6.05. The second-order valence-corrected chi connectivity index (χ2v) is 6.95. The third-order valence-electron chi connectivity index (χ3n) is 4.81. The highest BCUT2D eigenvalue weighted by Gasteiger charge is 2.14. The van der Waals surface area contributed by atoms with Crippen LogP contribution in [0.25, 0.3) is 0 Å². The zero-order chi connectivity index (χ0) is 19.9.